The standard InChI is InChI=1S/C11H10N2O4/c1-7-9(13(15)16)8-5-3-4-6-12(8)10(7)11(14)17-2/h3-6H,1-2H3. The zero-order valence-electron chi connectivity index (χ0n) is 9.34. The van der Waals surface area contributed by atoms with E-state index in [9.17, 15) is 14.9 Å². The van der Waals surface area contributed by atoms with Crippen LogP contribution in [0.3, 0.4) is 0 Å². The number of nitro groups is 1. The molecule has 88 valence electrons. The Hall–Kier alpha value is -2.37. The first-order chi connectivity index (χ1) is 8.07. The highest BCUT2D eigenvalue weighted by atomic mass is 16.6. The van der Waals surface area contributed by atoms with Crippen LogP contribution in [-0.2, 0) is 4.74 Å². The molecule has 0 spiro atoms. The van der Waals surface area contributed by atoms with Gasteiger partial charge in [-0.15, -0.1) is 0 Å². The van der Waals surface area contributed by atoms with Gasteiger partial charge in [0.15, 0.2) is 0 Å². The normalized spacial score (nSPS) is 10.5. The smallest absolute Gasteiger partial charge is 0.355 e. The summed E-state index contributed by atoms with van der Waals surface area (Å²) in [6.07, 6.45) is 1.60. The van der Waals surface area contributed by atoms with Crippen molar-refractivity contribution in [2.45, 2.75) is 6.92 Å². The average Bonchev–Trinajstić information content (AvgIpc) is 2.60. The Balaban J connectivity index is 2.89. The third kappa shape index (κ3) is 1.54. The topological polar surface area (TPSA) is 73.8 Å². The zero-order valence-corrected chi connectivity index (χ0v) is 9.34. The summed E-state index contributed by atoms with van der Waals surface area (Å²) in [7, 11) is 1.25. The fraction of sp³-hybridized carbons (Fsp3) is 0.182. The van der Waals surface area contributed by atoms with Crippen LogP contribution in [-0.4, -0.2) is 22.4 Å². The highest BCUT2D eigenvalue weighted by Crippen LogP contribution is 2.30. The molecule has 2 rings (SSSR count). The van der Waals surface area contributed by atoms with Crippen molar-refractivity contribution in [1.29, 1.82) is 0 Å². The summed E-state index contributed by atoms with van der Waals surface area (Å²) >= 11 is 0. The lowest BCUT2D eigenvalue weighted by Gasteiger charge is -1.99. The van der Waals surface area contributed by atoms with Crippen molar-refractivity contribution in [1.82, 2.24) is 4.40 Å². The van der Waals surface area contributed by atoms with Crippen molar-refractivity contribution >= 4 is 17.2 Å². The summed E-state index contributed by atoms with van der Waals surface area (Å²) in [4.78, 5) is 22.1. The fourth-order valence-corrected chi connectivity index (χ4v) is 1.89. The highest BCUT2D eigenvalue weighted by molar-refractivity contribution is 5.94. The summed E-state index contributed by atoms with van der Waals surface area (Å²) in [5, 5.41) is 11.0. The minimum absolute atomic E-state index is 0.0639. The maximum Gasteiger partial charge on any atom is 0.355 e. The summed E-state index contributed by atoms with van der Waals surface area (Å²) in [5.74, 6) is -0.586. The number of carbonyl (C=O) groups is 1. The fourth-order valence-electron chi connectivity index (χ4n) is 1.89. The van der Waals surface area contributed by atoms with E-state index in [0.29, 0.717) is 11.1 Å². The predicted molar refractivity (Wildman–Crippen MR) is 60.1 cm³/mol. The van der Waals surface area contributed by atoms with E-state index < -0.39 is 10.9 Å². The molecule has 6 nitrogen and oxygen atoms in total. The molecule has 2 heterocycles. The van der Waals surface area contributed by atoms with Gasteiger partial charge in [-0.25, -0.2) is 4.79 Å². The van der Waals surface area contributed by atoms with Crippen molar-refractivity contribution < 1.29 is 14.5 Å². The molecule has 2 aromatic rings. The molecular formula is C11H10N2O4. The Labute approximate surface area is 96.6 Å². The maximum atomic E-state index is 11.6. The molecule has 0 atom stereocenters. The van der Waals surface area contributed by atoms with E-state index in [-0.39, 0.29) is 11.4 Å². The van der Waals surface area contributed by atoms with E-state index in [1.807, 2.05) is 0 Å². The number of carbonyl (C=O) groups excluding carboxylic acids is 1. The Kier molecular flexibility index (Phi) is 2.55. The Bertz CT molecular complexity index is 615. The van der Waals surface area contributed by atoms with Gasteiger partial charge in [0.05, 0.1) is 17.6 Å². The lowest BCUT2D eigenvalue weighted by Crippen LogP contribution is -2.06. The van der Waals surface area contributed by atoms with Crippen LogP contribution < -0.4 is 0 Å². The summed E-state index contributed by atoms with van der Waals surface area (Å²) < 4.78 is 6.11. The molecule has 0 N–H and O–H groups in total. The van der Waals surface area contributed by atoms with E-state index in [1.165, 1.54) is 18.4 Å². The average molecular weight is 234 g/mol. The molecule has 0 saturated carbocycles. The van der Waals surface area contributed by atoms with Crippen LogP contribution in [0.1, 0.15) is 16.1 Å². The third-order valence-electron chi connectivity index (χ3n) is 2.62. The minimum Gasteiger partial charge on any atom is -0.464 e. The van der Waals surface area contributed by atoms with E-state index in [2.05, 4.69) is 4.74 Å². The molecule has 6 heteroatoms. The number of hydrogen-bond acceptors (Lipinski definition) is 4. The predicted octanol–water partition coefficient (Wildman–Crippen LogP) is 1.94. The van der Waals surface area contributed by atoms with Gasteiger partial charge < -0.3 is 9.14 Å². The van der Waals surface area contributed by atoms with Crippen molar-refractivity contribution in [3.8, 4) is 0 Å². The third-order valence-corrected chi connectivity index (χ3v) is 2.62. The molecule has 0 aliphatic carbocycles. The van der Waals surface area contributed by atoms with Gasteiger partial charge in [0.1, 0.15) is 11.2 Å². The van der Waals surface area contributed by atoms with Crippen LogP contribution in [0.25, 0.3) is 5.52 Å². The number of aromatic nitrogens is 1. The number of fused-ring (bicyclic) bond motifs is 1. The van der Waals surface area contributed by atoms with E-state index >= 15 is 0 Å². The van der Waals surface area contributed by atoms with Crippen LogP contribution in [0.15, 0.2) is 24.4 Å². The van der Waals surface area contributed by atoms with E-state index in [0.717, 1.165) is 0 Å². The number of methoxy groups -OCH3 is 1. The molecule has 0 fully saturated rings. The molecular weight excluding hydrogens is 224 g/mol. The molecule has 0 bridgehead atoms. The van der Waals surface area contributed by atoms with E-state index in [4.69, 9.17) is 0 Å². The number of nitrogens with zero attached hydrogens (tertiary/aromatic N) is 2. The molecule has 0 radical (unpaired) electrons. The quantitative estimate of drug-likeness (QED) is 0.452. The van der Waals surface area contributed by atoms with Crippen LogP contribution in [0.5, 0.6) is 0 Å². The van der Waals surface area contributed by atoms with Crippen molar-refractivity contribution in [3.05, 3.63) is 45.8 Å². The molecule has 0 aliphatic heterocycles. The van der Waals surface area contributed by atoms with Crippen LogP contribution >= 0.6 is 0 Å². The molecule has 17 heavy (non-hydrogen) atoms. The first kappa shape index (κ1) is 11.1. The van der Waals surface area contributed by atoms with Crippen LogP contribution in [0.2, 0.25) is 0 Å². The van der Waals surface area contributed by atoms with Crippen LogP contribution in [0, 0.1) is 17.0 Å². The summed E-state index contributed by atoms with van der Waals surface area (Å²) in [5.41, 5.74) is 0.823. The Morgan fingerprint density at radius 1 is 1.47 bits per heavy atom. The van der Waals surface area contributed by atoms with Gasteiger partial charge in [-0.3, -0.25) is 10.1 Å². The summed E-state index contributed by atoms with van der Waals surface area (Å²) in [6, 6.07) is 4.98. The maximum absolute atomic E-state index is 11.6. The van der Waals surface area contributed by atoms with E-state index in [1.54, 1.807) is 24.4 Å². The first-order valence-corrected chi connectivity index (χ1v) is 4.90. The van der Waals surface area contributed by atoms with Gasteiger partial charge in [0, 0.05) is 6.20 Å². The highest BCUT2D eigenvalue weighted by Gasteiger charge is 2.27. The SMILES string of the molecule is COC(=O)c1c(C)c([N+](=O)[O-])c2ccccn12. The first-order valence-electron chi connectivity index (χ1n) is 4.90. The van der Waals surface area contributed by atoms with Crippen molar-refractivity contribution in [2.24, 2.45) is 0 Å². The number of ether oxygens (including phenoxy) is 1. The van der Waals surface area contributed by atoms with Gasteiger partial charge in [-0.2, -0.15) is 0 Å². The monoisotopic (exact) mass is 234 g/mol. The molecule has 0 aromatic carbocycles. The van der Waals surface area contributed by atoms with Gasteiger partial charge >= 0.3 is 5.97 Å². The molecule has 2 aromatic heterocycles. The number of rotatable bonds is 2. The molecule has 0 aliphatic rings. The second kappa shape index (κ2) is 3.89. The lowest BCUT2D eigenvalue weighted by molar-refractivity contribution is -0.383. The largest absolute Gasteiger partial charge is 0.464 e. The molecule has 0 amide bonds. The van der Waals surface area contributed by atoms with Crippen molar-refractivity contribution in [3.63, 3.8) is 0 Å². The molecule has 0 unspecified atom stereocenters. The zero-order chi connectivity index (χ0) is 12.6. The second-order valence-corrected chi connectivity index (χ2v) is 3.53. The number of pyridine rings is 1. The Morgan fingerprint density at radius 2 is 2.18 bits per heavy atom. The lowest BCUT2D eigenvalue weighted by atomic mass is 10.2. The molecule has 0 saturated heterocycles. The van der Waals surface area contributed by atoms with Crippen LogP contribution in [0.4, 0.5) is 5.69 Å². The van der Waals surface area contributed by atoms with Gasteiger partial charge in [-0.1, -0.05) is 6.07 Å². The second-order valence-electron chi connectivity index (χ2n) is 3.53. The van der Waals surface area contributed by atoms with Gasteiger partial charge in [0.2, 0.25) is 0 Å². The number of hydrogen-bond donors (Lipinski definition) is 0. The Morgan fingerprint density at radius 3 is 2.76 bits per heavy atom. The minimum atomic E-state index is -0.586. The van der Waals surface area contributed by atoms with Gasteiger partial charge in [-0.05, 0) is 19.1 Å². The van der Waals surface area contributed by atoms with Crippen molar-refractivity contribution in [2.75, 3.05) is 7.11 Å². The summed E-state index contributed by atoms with van der Waals surface area (Å²) in [6.45, 7) is 1.54. The van der Waals surface area contributed by atoms with Gasteiger partial charge in [0.25, 0.3) is 5.69 Å². The number of esters is 1.